The SMILES string of the molecule is CCc1ccc(-c2cc3nccc(C4CCC4)c3s2)nc1. The Kier molecular flexibility index (Phi) is 3.23. The second-order valence-electron chi connectivity index (χ2n) is 5.76. The molecule has 21 heavy (non-hydrogen) atoms. The lowest BCUT2D eigenvalue weighted by Crippen LogP contribution is -2.08. The zero-order chi connectivity index (χ0) is 14.2. The van der Waals surface area contributed by atoms with E-state index in [-0.39, 0.29) is 0 Å². The van der Waals surface area contributed by atoms with Gasteiger partial charge < -0.3 is 0 Å². The third-order valence-corrected chi connectivity index (χ3v) is 5.67. The number of hydrogen-bond donors (Lipinski definition) is 0. The molecule has 0 unspecified atom stereocenters. The van der Waals surface area contributed by atoms with Crippen molar-refractivity contribution in [3.63, 3.8) is 0 Å². The fourth-order valence-electron chi connectivity index (χ4n) is 2.90. The van der Waals surface area contributed by atoms with Gasteiger partial charge in [-0.05, 0) is 54.5 Å². The number of fused-ring (bicyclic) bond motifs is 1. The lowest BCUT2D eigenvalue weighted by molar-refractivity contribution is 0.422. The highest BCUT2D eigenvalue weighted by atomic mass is 32.1. The Balaban J connectivity index is 1.78. The molecule has 3 heteroatoms. The van der Waals surface area contributed by atoms with E-state index in [0.29, 0.717) is 0 Å². The minimum Gasteiger partial charge on any atom is -0.255 e. The molecule has 1 saturated carbocycles. The summed E-state index contributed by atoms with van der Waals surface area (Å²) < 4.78 is 1.36. The Bertz CT molecular complexity index is 770. The summed E-state index contributed by atoms with van der Waals surface area (Å²) in [5.41, 5.74) is 4.97. The van der Waals surface area contributed by atoms with Crippen LogP contribution in [0.2, 0.25) is 0 Å². The van der Waals surface area contributed by atoms with E-state index in [1.54, 1.807) is 0 Å². The van der Waals surface area contributed by atoms with Crippen molar-refractivity contribution in [2.24, 2.45) is 0 Å². The Labute approximate surface area is 128 Å². The van der Waals surface area contributed by atoms with Crippen LogP contribution < -0.4 is 0 Å². The number of pyridine rings is 2. The van der Waals surface area contributed by atoms with E-state index >= 15 is 0 Å². The lowest BCUT2D eigenvalue weighted by atomic mass is 9.80. The van der Waals surface area contributed by atoms with Gasteiger partial charge in [0, 0.05) is 12.4 Å². The molecule has 3 aromatic heterocycles. The van der Waals surface area contributed by atoms with Gasteiger partial charge in [0.25, 0.3) is 0 Å². The summed E-state index contributed by atoms with van der Waals surface area (Å²) in [6, 6.07) is 8.70. The van der Waals surface area contributed by atoms with Crippen LogP contribution in [0.1, 0.15) is 43.2 Å². The first-order valence-electron chi connectivity index (χ1n) is 7.69. The van der Waals surface area contributed by atoms with E-state index in [1.165, 1.54) is 40.0 Å². The van der Waals surface area contributed by atoms with Crippen LogP contribution in [-0.2, 0) is 6.42 Å². The van der Waals surface area contributed by atoms with E-state index < -0.39 is 0 Å². The van der Waals surface area contributed by atoms with Crippen molar-refractivity contribution in [3.8, 4) is 10.6 Å². The first kappa shape index (κ1) is 13.0. The van der Waals surface area contributed by atoms with Crippen LogP contribution in [0.4, 0.5) is 0 Å². The van der Waals surface area contributed by atoms with Crippen molar-refractivity contribution in [3.05, 3.63) is 47.8 Å². The number of thiophene rings is 1. The summed E-state index contributed by atoms with van der Waals surface area (Å²) in [5, 5.41) is 0. The van der Waals surface area contributed by atoms with Crippen molar-refractivity contribution in [1.29, 1.82) is 0 Å². The molecule has 0 atom stereocenters. The quantitative estimate of drug-likeness (QED) is 0.664. The van der Waals surface area contributed by atoms with Crippen LogP contribution in [0.5, 0.6) is 0 Å². The summed E-state index contributed by atoms with van der Waals surface area (Å²) in [7, 11) is 0. The van der Waals surface area contributed by atoms with Crippen molar-refractivity contribution >= 4 is 21.6 Å². The number of nitrogens with zero attached hydrogens (tertiary/aromatic N) is 2. The molecule has 0 aliphatic heterocycles. The van der Waals surface area contributed by atoms with E-state index in [1.807, 2.05) is 23.7 Å². The molecule has 0 amide bonds. The van der Waals surface area contributed by atoms with E-state index in [9.17, 15) is 0 Å². The van der Waals surface area contributed by atoms with Crippen LogP contribution in [0.25, 0.3) is 20.8 Å². The predicted octanol–water partition coefficient (Wildman–Crippen LogP) is 5.19. The highest BCUT2D eigenvalue weighted by Crippen LogP contribution is 2.42. The molecule has 1 aliphatic carbocycles. The molecule has 0 radical (unpaired) electrons. The van der Waals surface area contributed by atoms with E-state index in [4.69, 9.17) is 0 Å². The van der Waals surface area contributed by atoms with Crippen molar-refractivity contribution in [2.45, 2.75) is 38.5 Å². The molecule has 0 bridgehead atoms. The van der Waals surface area contributed by atoms with Gasteiger partial charge in [0.2, 0.25) is 0 Å². The third-order valence-electron chi connectivity index (χ3n) is 4.47. The summed E-state index contributed by atoms with van der Waals surface area (Å²) in [6.07, 6.45) is 9.01. The number of aromatic nitrogens is 2. The fourth-order valence-corrected chi connectivity index (χ4v) is 4.09. The molecule has 2 nitrogen and oxygen atoms in total. The average molecular weight is 294 g/mol. The minimum atomic E-state index is 0.748. The van der Waals surface area contributed by atoms with Gasteiger partial charge in [-0.1, -0.05) is 19.4 Å². The predicted molar refractivity (Wildman–Crippen MR) is 88.8 cm³/mol. The second kappa shape index (κ2) is 5.23. The molecule has 1 fully saturated rings. The fraction of sp³-hybridized carbons (Fsp3) is 0.333. The average Bonchev–Trinajstić information content (AvgIpc) is 2.91. The Morgan fingerprint density at radius 2 is 2.10 bits per heavy atom. The Morgan fingerprint density at radius 1 is 1.19 bits per heavy atom. The molecule has 0 aromatic carbocycles. The highest BCUT2D eigenvalue weighted by Gasteiger charge is 2.22. The number of aryl methyl sites for hydroxylation is 1. The van der Waals surface area contributed by atoms with Crippen molar-refractivity contribution < 1.29 is 0 Å². The van der Waals surface area contributed by atoms with Gasteiger partial charge >= 0.3 is 0 Å². The van der Waals surface area contributed by atoms with Crippen LogP contribution >= 0.6 is 11.3 Å². The van der Waals surface area contributed by atoms with Crippen molar-refractivity contribution in [2.75, 3.05) is 0 Å². The van der Waals surface area contributed by atoms with E-state index in [2.05, 4.69) is 41.2 Å². The first-order valence-corrected chi connectivity index (χ1v) is 8.50. The van der Waals surface area contributed by atoms with Crippen LogP contribution in [0.3, 0.4) is 0 Å². The molecular formula is C18H18N2S. The minimum absolute atomic E-state index is 0.748. The summed E-state index contributed by atoms with van der Waals surface area (Å²) in [5.74, 6) is 0.748. The zero-order valence-corrected chi connectivity index (χ0v) is 13.0. The maximum absolute atomic E-state index is 4.61. The monoisotopic (exact) mass is 294 g/mol. The third kappa shape index (κ3) is 2.26. The molecule has 106 valence electrons. The molecule has 0 N–H and O–H groups in total. The summed E-state index contributed by atoms with van der Waals surface area (Å²) in [4.78, 5) is 10.4. The lowest BCUT2D eigenvalue weighted by Gasteiger charge is -2.25. The maximum atomic E-state index is 4.61. The molecule has 0 saturated heterocycles. The molecule has 4 rings (SSSR count). The molecule has 3 heterocycles. The zero-order valence-electron chi connectivity index (χ0n) is 12.2. The van der Waals surface area contributed by atoms with E-state index in [0.717, 1.165) is 23.5 Å². The van der Waals surface area contributed by atoms with Gasteiger partial charge in [0.1, 0.15) is 0 Å². The number of rotatable bonds is 3. The smallest absolute Gasteiger partial charge is 0.0819 e. The van der Waals surface area contributed by atoms with Gasteiger partial charge in [-0.15, -0.1) is 11.3 Å². The normalized spacial score (nSPS) is 15.3. The van der Waals surface area contributed by atoms with Gasteiger partial charge in [0.05, 0.1) is 20.8 Å². The molecule has 0 spiro atoms. The standard InChI is InChI=1S/C18H18N2S/c1-2-12-6-7-15(20-11-12)17-10-16-18(21-17)14(8-9-19-16)13-4-3-5-13/h6-11,13H,2-5H2,1H3. The van der Waals surface area contributed by atoms with Gasteiger partial charge in [-0.2, -0.15) is 0 Å². The second-order valence-corrected chi connectivity index (χ2v) is 6.81. The topological polar surface area (TPSA) is 25.8 Å². The largest absolute Gasteiger partial charge is 0.255 e. The van der Waals surface area contributed by atoms with Crippen LogP contribution in [0.15, 0.2) is 36.7 Å². The van der Waals surface area contributed by atoms with Crippen molar-refractivity contribution in [1.82, 2.24) is 9.97 Å². The number of hydrogen-bond acceptors (Lipinski definition) is 3. The maximum Gasteiger partial charge on any atom is 0.0819 e. The van der Waals surface area contributed by atoms with Crippen LogP contribution in [-0.4, -0.2) is 9.97 Å². The molecular weight excluding hydrogens is 276 g/mol. The van der Waals surface area contributed by atoms with Gasteiger partial charge in [-0.25, -0.2) is 0 Å². The summed E-state index contributed by atoms with van der Waals surface area (Å²) in [6.45, 7) is 2.16. The first-order chi connectivity index (χ1) is 10.3. The van der Waals surface area contributed by atoms with Gasteiger partial charge in [-0.3, -0.25) is 9.97 Å². The molecule has 3 aromatic rings. The Hall–Kier alpha value is -1.74. The molecule has 1 aliphatic rings. The Morgan fingerprint density at radius 3 is 2.76 bits per heavy atom. The van der Waals surface area contributed by atoms with Gasteiger partial charge in [0.15, 0.2) is 0 Å². The highest BCUT2D eigenvalue weighted by molar-refractivity contribution is 7.22. The van der Waals surface area contributed by atoms with Crippen LogP contribution in [0, 0.1) is 0 Å². The summed E-state index contributed by atoms with van der Waals surface area (Å²) >= 11 is 1.84.